The van der Waals surface area contributed by atoms with E-state index in [1.54, 1.807) is 6.92 Å². The molecule has 0 saturated carbocycles. The Labute approximate surface area is 149 Å². The molecular formula is C17H18ClN3O4. The second-order valence-electron chi connectivity index (χ2n) is 5.53. The van der Waals surface area contributed by atoms with E-state index >= 15 is 0 Å². The molecule has 25 heavy (non-hydrogen) atoms. The molecule has 1 heterocycles. The fraction of sp³-hybridized carbons (Fsp3) is 0.235. The molecule has 0 bridgehead atoms. The number of rotatable bonds is 4. The van der Waals surface area contributed by atoms with Crippen LogP contribution in [0.1, 0.15) is 28.9 Å². The quantitative estimate of drug-likeness (QED) is 0.641. The molecule has 0 spiro atoms. The van der Waals surface area contributed by atoms with Crippen molar-refractivity contribution < 1.29 is 14.3 Å². The third-order valence-electron chi connectivity index (χ3n) is 3.65. The zero-order valence-electron chi connectivity index (χ0n) is 14.0. The first kappa shape index (κ1) is 18.5. The molecule has 1 amide bonds. The number of esters is 1. The number of aromatic nitrogens is 1. The Bertz CT molecular complexity index is 892. The van der Waals surface area contributed by atoms with Gasteiger partial charge in [-0.1, -0.05) is 11.6 Å². The first-order valence-electron chi connectivity index (χ1n) is 7.41. The van der Waals surface area contributed by atoms with E-state index < -0.39 is 23.5 Å². The minimum atomic E-state index is -0.820. The van der Waals surface area contributed by atoms with E-state index in [1.165, 1.54) is 49.1 Å². The minimum Gasteiger partial charge on any atom is -0.467 e. The first-order chi connectivity index (χ1) is 11.7. The number of methoxy groups -OCH3 is 1. The summed E-state index contributed by atoms with van der Waals surface area (Å²) in [6, 6.07) is 5.13. The van der Waals surface area contributed by atoms with Gasteiger partial charge in [0.15, 0.2) is 0 Å². The number of carbonyl (C=O) groups is 2. The number of aryl methyl sites for hydroxylation is 1. The van der Waals surface area contributed by atoms with Crippen molar-refractivity contribution in [3.63, 3.8) is 0 Å². The predicted octanol–water partition coefficient (Wildman–Crippen LogP) is 2.38. The van der Waals surface area contributed by atoms with E-state index in [1.807, 2.05) is 0 Å². The molecule has 0 aliphatic carbocycles. The van der Waals surface area contributed by atoms with Crippen molar-refractivity contribution in [2.24, 2.45) is 0 Å². The summed E-state index contributed by atoms with van der Waals surface area (Å²) in [6.45, 7) is 3.29. The van der Waals surface area contributed by atoms with E-state index in [0.29, 0.717) is 11.3 Å². The average Bonchev–Trinajstić information content (AvgIpc) is 2.58. The fourth-order valence-electron chi connectivity index (χ4n) is 2.27. The molecule has 8 heteroatoms. The molecule has 1 unspecified atom stereocenters. The highest BCUT2D eigenvalue weighted by molar-refractivity contribution is 6.33. The molecule has 0 fully saturated rings. The number of hydrogen-bond acceptors (Lipinski definition) is 5. The van der Waals surface area contributed by atoms with Crippen LogP contribution in [0.3, 0.4) is 0 Å². The van der Waals surface area contributed by atoms with E-state index in [-0.39, 0.29) is 16.3 Å². The molecule has 1 aromatic heterocycles. The highest BCUT2D eigenvalue weighted by atomic mass is 35.5. The minimum absolute atomic E-state index is 0.0497. The summed E-state index contributed by atoms with van der Waals surface area (Å²) in [5, 5.41) is 2.79. The molecule has 2 rings (SSSR count). The number of nitrogen functional groups attached to an aromatic ring is 1. The van der Waals surface area contributed by atoms with Crippen LogP contribution in [0.2, 0.25) is 5.02 Å². The Kier molecular flexibility index (Phi) is 5.48. The smallest absolute Gasteiger partial charge is 0.328 e. The topological polar surface area (TPSA) is 103 Å². The molecule has 3 N–H and O–H groups in total. The number of pyridine rings is 1. The van der Waals surface area contributed by atoms with Gasteiger partial charge in [-0.15, -0.1) is 0 Å². The number of amides is 1. The van der Waals surface area contributed by atoms with Gasteiger partial charge >= 0.3 is 5.97 Å². The summed E-state index contributed by atoms with van der Waals surface area (Å²) < 4.78 is 5.88. The van der Waals surface area contributed by atoms with Crippen LogP contribution in [0.25, 0.3) is 0 Å². The van der Waals surface area contributed by atoms with Gasteiger partial charge in [0.25, 0.3) is 11.5 Å². The number of nitrogens with one attached hydrogen (secondary N) is 1. The van der Waals surface area contributed by atoms with Gasteiger partial charge in [-0.3, -0.25) is 14.2 Å². The van der Waals surface area contributed by atoms with Crippen molar-refractivity contribution in [1.29, 1.82) is 0 Å². The summed E-state index contributed by atoms with van der Waals surface area (Å²) in [6.07, 6.45) is 1.53. The number of nitrogens with zero attached hydrogens (tertiary/aromatic N) is 1. The predicted molar refractivity (Wildman–Crippen MR) is 96.0 cm³/mol. The average molecular weight is 364 g/mol. The maximum atomic E-state index is 12.6. The van der Waals surface area contributed by atoms with E-state index in [4.69, 9.17) is 17.3 Å². The Morgan fingerprint density at radius 2 is 2.00 bits per heavy atom. The molecule has 0 radical (unpaired) electrons. The highest BCUT2D eigenvalue weighted by Crippen LogP contribution is 2.20. The molecule has 132 valence electrons. The van der Waals surface area contributed by atoms with Gasteiger partial charge in [0.05, 0.1) is 17.8 Å². The van der Waals surface area contributed by atoms with Crippen LogP contribution in [0.4, 0.5) is 11.4 Å². The molecule has 7 nitrogen and oxygen atoms in total. The van der Waals surface area contributed by atoms with Crippen molar-refractivity contribution in [1.82, 2.24) is 4.57 Å². The number of halogens is 1. The number of hydrogen-bond donors (Lipinski definition) is 2. The normalized spacial score (nSPS) is 11.7. The second-order valence-corrected chi connectivity index (χ2v) is 5.94. The van der Waals surface area contributed by atoms with Gasteiger partial charge in [0.1, 0.15) is 11.7 Å². The van der Waals surface area contributed by atoms with E-state index in [0.717, 1.165) is 0 Å². The first-order valence-corrected chi connectivity index (χ1v) is 7.79. The van der Waals surface area contributed by atoms with Gasteiger partial charge in [-0.25, -0.2) is 4.79 Å². The largest absolute Gasteiger partial charge is 0.467 e. The lowest BCUT2D eigenvalue weighted by atomic mass is 10.2. The Hall–Kier alpha value is -2.80. The van der Waals surface area contributed by atoms with Gasteiger partial charge in [0, 0.05) is 11.8 Å². The van der Waals surface area contributed by atoms with Crippen LogP contribution in [0.5, 0.6) is 0 Å². The summed E-state index contributed by atoms with van der Waals surface area (Å²) >= 11 is 5.91. The summed E-state index contributed by atoms with van der Waals surface area (Å²) in [4.78, 5) is 36.6. The number of anilines is 2. The monoisotopic (exact) mass is 363 g/mol. The van der Waals surface area contributed by atoms with Gasteiger partial charge in [-0.05, 0) is 43.7 Å². The van der Waals surface area contributed by atoms with Crippen LogP contribution >= 0.6 is 11.6 Å². The molecule has 0 aliphatic rings. The summed E-state index contributed by atoms with van der Waals surface area (Å²) in [7, 11) is 1.24. The van der Waals surface area contributed by atoms with Gasteiger partial charge in [-0.2, -0.15) is 0 Å². The molecule has 1 atom stereocenters. The molecule has 1 aromatic carbocycles. The number of nitrogens with two attached hydrogens (primary N) is 1. The van der Waals surface area contributed by atoms with E-state index in [2.05, 4.69) is 10.1 Å². The third kappa shape index (κ3) is 4.00. The number of carbonyl (C=O) groups excluding carboxylic acids is 2. The van der Waals surface area contributed by atoms with Crippen LogP contribution in [-0.4, -0.2) is 23.6 Å². The Morgan fingerprint density at radius 3 is 2.60 bits per heavy atom. The second kappa shape index (κ2) is 7.40. The number of benzene rings is 1. The van der Waals surface area contributed by atoms with Crippen molar-refractivity contribution in [3.05, 3.63) is 57.0 Å². The zero-order chi connectivity index (χ0) is 18.7. The Morgan fingerprint density at radius 1 is 1.32 bits per heavy atom. The maximum absolute atomic E-state index is 12.6. The van der Waals surface area contributed by atoms with Crippen LogP contribution in [0, 0.1) is 6.92 Å². The maximum Gasteiger partial charge on any atom is 0.328 e. The van der Waals surface area contributed by atoms with Crippen molar-refractivity contribution >= 4 is 34.9 Å². The lowest BCUT2D eigenvalue weighted by Gasteiger charge is -2.15. The molecular weight excluding hydrogens is 346 g/mol. The van der Waals surface area contributed by atoms with Gasteiger partial charge < -0.3 is 15.8 Å². The van der Waals surface area contributed by atoms with Crippen molar-refractivity contribution in [3.8, 4) is 0 Å². The third-order valence-corrected chi connectivity index (χ3v) is 3.98. The fourth-order valence-corrected chi connectivity index (χ4v) is 2.45. The van der Waals surface area contributed by atoms with Crippen LogP contribution in [0.15, 0.2) is 35.3 Å². The standard InChI is InChI=1S/C17H18ClN3O4/c1-9-6-14(16(23)21(8-9)10(2)17(24)25-3)20-15(22)11-4-5-13(19)12(18)7-11/h4-8,10H,19H2,1-3H3,(H,20,22). The summed E-state index contributed by atoms with van der Waals surface area (Å²) in [5.74, 6) is -1.07. The lowest BCUT2D eigenvalue weighted by Crippen LogP contribution is -2.31. The zero-order valence-corrected chi connectivity index (χ0v) is 14.8. The molecule has 0 aliphatic heterocycles. The lowest BCUT2D eigenvalue weighted by molar-refractivity contribution is -0.144. The highest BCUT2D eigenvalue weighted by Gasteiger charge is 2.19. The summed E-state index contributed by atoms with van der Waals surface area (Å²) in [5.41, 5.74) is 6.46. The van der Waals surface area contributed by atoms with Crippen molar-refractivity contribution in [2.75, 3.05) is 18.2 Å². The van der Waals surface area contributed by atoms with E-state index in [9.17, 15) is 14.4 Å². The Balaban J connectivity index is 2.38. The van der Waals surface area contributed by atoms with Crippen LogP contribution < -0.4 is 16.6 Å². The van der Waals surface area contributed by atoms with Gasteiger partial charge in [0.2, 0.25) is 0 Å². The number of ether oxygens (including phenoxy) is 1. The SMILES string of the molecule is COC(=O)C(C)n1cc(C)cc(NC(=O)c2ccc(N)c(Cl)c2)c1=O. The van der Waals surface area contributed by atoms with Crippen LogP contribution in [-0.2, 0) is 9.53 Å². The molecule has 0 saturated heterocycles. The van der Waals surface area contributed by atoms with Crippen molar-refractivity contribution in [2.45, 2.75) is 19.9 Å². The molecule has 2 aromatic rings.